The molecule has 0 atom stereocenters. The highest BCUT2D eigenvalue weighted by atomic mass is 16.5. The number of ether oxygens (including phenoxy) is 1. The van der Waals surface area contributed by atoms with Gasteiger partial charge in [0.1, 0.15) is 5.76 Å². The van der Waals surface area contributed by atoms with Gasteiger partial charge in [0.15, 0.2) is 5.76 Å². The zero-order valence-electron chi connectivity index (χ0n) is 14.7. The van der Waals surface area contributed by atoms with E-state index in [1.165, 1.54) is 0 Å². The van der Waals surface area contributed by atoms with E-state index in [-0.39, 0.29) is 18.3 Å². The van der Waals surface area contributed by atoms with Crippen molar-refractivity contribution in [3.63, 3.8) is 0 Å². The predicted octanol–water partition coefficient (Wildman–Crippen LogP) is 3.02. The lowest BCUT2D eigenvalue weighted by atomic mass is 9.93. The van der Waals surface area contributed by atoms with E-state index in [0.29, 0.717) is 29.1 Å². The monoisotopic (exact) mass is 356 g/mol. The molecule has 2 aromatic heterocycles. The number of nitrogens with zero attached hydrogens (tertiary/aromatic N) is 2. The van der Waals surface area contributed by atoms with Crippen LogP contribution in [0.2, 0.25) is 0 Å². The lowest BCUT2D eigenvalue weighted by molar-refractivity contribution is 0.0994. The van der Waals surface area contributed by atoms with Crippen LogP contribution in [-0.2, 0) is 11.2 Å². The molecule has 0 fully saturated rings. The zero-order chi connectivity index (χ0) is 18.5. The maximum atomic E-state index is 12.5. The number of aryl methyl sites for hydroxylation is 1. The minimum Gasteiger partial charge on any atom is -0.455 e. The number of nitrogens with one attached hydrogen (secondary N) is 2. The number of rotatable bonds is 4. The van der Waals surface area contributed by atoms with Crippen LogP contribution in [0.25, 0.3) is 0 Å². The summed E-state index contributed by atoms with van der Waals surface area (Å²) < 4.78 is 10.6. The molecule has 2 aromatic rings. The van der Waals surface area contributed by atoms with Crippen molar-refractivity contribution >= 4 is 23.4 Å². The smallest absolute Gasteiger partial charge is 0.427 e. The maximum absolute atomic E-state index is 12.5. The first kappa shape index (κ1) is 17.7. The van der Waals surface area contributed by atoms with E-state index < -0.39 is 6.09 Å². The van der Waals surface area contributed by atoms with Crippen LogP contribution in [0.1, 0.15) is 47.2 Å². The molecule has 0 bridgehead atoms. The molecule has 26 heavy (non-hydrogen) atoms. The number of furan rings is 1. The first-order chi connectivity index (χ1) is 12.6. The molecule has 3 rings (SSSR count). The van der Waals surface area contributed by atoms with Gasteiger partial charge >= 0.3 is 6.09 Å². The molecule has 136 valence electrons. The quantitative estimate of drug-likeness (QED) is 0.819. The van der Waals surface area contributed by atoms with E-state index in [1.54, 1.807) is 31.5 Å². The van der Waals surface area contributed by atoms with E-state index >= 15 is 0 Å². The van der Waals surface area contributed by atoms with Crippen LogP contribution in [0.5, 0.6) is 0 Å². The van der Waals surface area contributed by atoms with Crippen molar-refractivity contribution in [3.05, 3.63) is 47.2 Å². The first-order valence-electron chi connectivity index (χ1n) is 8.43. The number of amides is 2. The summed E-state index contributed by atoms with van der Waals surface area (Å²) in [6, 6.07) is 3.49. The number of aromatic nitrogens is 1. The summed E-state index contributed by atoms with van der Waals surface area (Å²) in [6.07, 6.45) is 4.81. The summed E-state index contributed by atoms with van der Waals surface area (Å²) in [4.78, 5) is 28.0. The average Bonchev–Trinajstić information content (AvgIpc) is 2.99. The number of fused-ring (bicyclic) bond motifs is 1. The molecule has 0 saturated heterocycles. The fourth-order valence-electron chi connectivity index (χ4n) is 2.90. The van der Waals surface area contributed by atoms with E-state index in [4.69, 9.17) is 9.15 Å². The Morgan fingerprint density at radius 3 is 2.96 bits per heavy atom. The van der Waals surface area contributed by atoms with Crippen molar-refractivity contribution in [2.75, 3.05) is 11.9 Å². The SMILES string of the molecule is CCOC(=O)N/N=C1\CCCc2oc(C(=O)Nc3cccnc3)c(C)c21. The molecule has 0 aliphatic heterocycles. The van der Waals surface area contributed by atoms with E-state index in [9.17, 15) is 9.59 Å². The summed E-state index contributed by atoms with van der Waals surface area (Å²) in [5.74, 6) is 0.599. The molecule has 0 saturated carbocycles. The normalized spacial score (nSPS) is 14.6. The molecule has 0 aromatic carbocycles. The van der Waals surface area contributed by atoms with Gasteiger partial charge in [-0.25, -0.2) is 10.2 Å². The summed E-state index contributed by atoms with van der Waals surface area (Å²) in [5.41, 5.74) is 5.13. The molecule has 1 aliphatic rings. The standard InChI is InChI=1S/C18H20N4O4/c1-3-25-18(24)22-21-13-7-4-8-14-15(13)11(2)16(26-14)17(23)20-12-6-5-9-19-10-12/h5-6,9-10H,3-4,7-8H2,1-2H3,(H,20,23)(H,22,24)/b21-13+. The number of pyridine rings is 1. The first-order valence-corrected chi connectivity index (χ1v) is 8.43. The van der Waals surface area contributed by atoms with E-state index in [0.717, 1.165) is 18.4 Å². The molecule has 1 aliphatic carbocycles. The number of hydrogen-bond donors (Lipinski definition) is 2. The summed E-state index contributed by atoms with van der Waals surface area (Å²) in [6.45, 7) is 3.80. The summed E-state index contributed by atoms with van der Waals surface area (Å²) in [5, 5.41) is 6.92. The molecule has 2 amide bonds. The number of hydrogen-bond acceptors (Lipinski definition) is 6. The average molecular weight is 356 g/mol. The summed E-state index contributed by atoms with van der Waals surface area (Å²) in [7, 11) is 0. The number of hydrazone groups is 1. The van der Waals surface area contributed by atoms with Crippen LogP contribution in [0, 0.1) is 6.92 Å². The van der Waals surface area contributed by atoms with Gasteiger partial charge in [0.2, 0.25) is 0 Å². The topological polar surface area (TPSA) is 106 Å². The molecule has 2 N–H and O–H groups in total. The van der Waals surface area contributed by atoms with Crippen molar-refractivity contribution in [2.24, 2.45) is 5.10 Å². The largest absolute Gasteiger partial charge is 0.455 e. The lowest BCUT2D eigenvalue weighted by Crippen LogP contribution is -2.22. The Kier molecular flexibility index (Phi) is 5.31. The van der Waals surface area contributed by atoms with Crippen molar-refractivity contribution in [1.82, 2.24) is 10.4 Å². The van der Waals surface area contributed by atoms with Crippen LogP contribution in [0.3, 0.4) is 0 Å². The van der Waals surface area contributed by atoms with Crippen LogP contribution in [0.4, 0.5) is 10.5 Å². The molecule has 8 nitrogen and oxygen atoms in total. The Balaban J connectivity index is 1.84. The second-order valence-corrected chi connectivity index (χ2v) is 5.79. The highest BCUT2D eigenvalue weighted by molar-refractivity contribution is 6.09. The number of carbonyl (C=O) groups excluding carboxylic acids is 2. The Hall–Kier alpha value is -3.16. The van der Waals surface area contributed by atoms with Gasteiger partial charge in [-0.2, -0.15) is 5.10 Å². The second-order valence-electron chi connectivity index (χ2n) is 5.79. The van der Waals surface area contributed by atoms with Crippen LogP contribution in [-0.4, -0.2) is 29.3 Å². The van der Waals surface area contributed by atoms with Gasteiger partial charge in [0.05, 0.1) is 24.2 Å². The van der Waals surface area contributed by atoms with Gasteiger partial charge in [-0.3, -0.25) is 9.78 Å². The fourth-order valence-corrected chi connectivity index (χ4v) is 2.90. The molecule has 0 unspecified atom stereocenters. The second kappa shape index (κ2) is 7.81. The third kappa shape index (κ3) is 3.74. The minimum absolute atomic E-state index is 0.240. The van der Waals surface area contributed by atoms with Crippen LogP contribution >= 0.6 is 0 Å². The summed E-state index contributed by atoms with van der Waals surface area (Å²) >= 11 is 0. The van der Waals surface area contributed by atoms with Gasteiger partial charge in [-0.05, 0) is 38.8 Å². The van der Waals surface area contributed by atoms with Gasteiger partial charge in [0, 0.05) is 23.7 Å². The Bertz CT molecular complexity index is 842. The zero-order valence-corrected chi connectivity index (χ0v) is 14.7. The highest BCUT2D eigenvalue weighted by Crippen LogP contribution is 2.30. The van der Waals surface area contributed by atoms with Crippen LogP contribution < -0.4 is 10.7 Å². The van der Waals surface area contributed by atoms with Crippen molar-refractivity contribution in [1.29, 1.82) is 0 Å². The third-order valence-electron chi connectivity index (χ3n) is 4.01. The number of carbonyl (C=O) groups is 2. The van der Waals surface area contributed by atoms with Crippen molar-refractivity contribution in [2.45, 2.75) is 33.1 Å². The molecular formula is C18H20N4O4. The van der Waals surface area contributed by atoms with Crippen molar-refractivity contribution < 1.29 is 18.7 Å². The minimum atomic E-state index is -0.609. The van der Waals surface area contributed by atoms with Gasteiger partial charge in [0.25, 0.3) is 5.91 Å². The molecular weight excluding hydrogens is 336 g/mol. The number of anilines is 1. The predicted molar refractivity (Wildman–Crippen MR) is 95.3 cm³/mol. The maximum Gasteiger partial charge on any atom is 0.427 e. The highest BCUT2D eigenvalue weighted by Gasteiger charge is 2.28. The molecule has 0 spiro atoms. The van der Waals surface area contributed by atoms with Gasteiger partial charge in [-0.1, -0.05) is 0 Å². The molecule has 2 heterocycles. The van der Waals surface area contributed by atoms with Crippen LogP contribution in [0.15, 0.2) is 34.0 Å². The Labute approximate surface area is 150 Å². The molecule has 8 heteroatoms. The van der Waals surface area contributed by atoms with E-state index in [1.807, 2.05) is 6.92 Å². The Morgan fingerprint density at radius 1 is 1.38 bits per heavy atom. The van der Waals surface area contributed by atoms with Gasteiger partial charge in [-0.15, -0.1) is 0 Å². The Morgan fingerprint density at radius 2 is 2.23 bits per heavy atom. The molecule has 0 radical (unpaired) electrons. The van der Waals surface area contributed by atoms with Crippen molar-refractivity contribution in [3.8, 4) is 0 Å². The fraction of sp³-hybridized carbons (Fsp3) is 0.333. The third-order valence-corrected chi connectivity index (χ3v) is 4.01. The van der Waals surface area contributed by atoms with E-state index in [2.05, 4.69) is 20.8 Å². The lowest BCUT2D eigenvalue weighted by Gasteiger charge is -2.13. The van der Waals surface area contributed by atoms with Gasteiger partial charge < -0.3 is 14.5 Å².